The molecule has 104 valence electrons. The molecule has 2 aromatic rings. The molecule has 1 amide bonds. The molecule has 0 unspecified atom stereocenters. The summed E-state index contributed by atoms with van der Waals surface area (Å²) in [5.74, 6) is -1.68. The van der Waals surface area contributed by atoms with Gasteiger partial charge in [-0.15, -0.1) is 5.10 Å². The van der Waals surface area contributed by atoms with E-state index in [-0.39, 0.29) is 17.3 Å². The zero-order valence-electron chi connectivity index (χ0n) is 10.9. The van der Waals surface area contributed by atoms with Crippen molar-refractivity contribution in [1.29, 1.82) is 0 Å². The zero-order valence-corrected chi connectivity index (χ0v) is 10.9. The third-order valence-electron chi connectivity index (χ3n) is 2.87. The van der Waals surface area contributed by atoms with E-state index in [0.717, 1.165) is 5.56 Å². The lowest BCUT2D eigenvalue weighted by atomic mass is 10.0. The van der Waals surface area contributed by atoms with Gasteiger partial charge >= 0.3 is 5.97 Å². The molecule has 1 aromatic carbocycles. The van der Waals surface area contributed by atoms with Crippen LogP contribution >= 0.6 is 0 Å². The highest BCUT2D eigenvalue weighted by molar-refractivity contribution is 6.02. The van der Waals surface area contributed by atoms with Gasteiger partial charge in [0.2, 0.25) is 11.8 Å². The molecule has 1 heterocycles. The lowest BCUT2D eigenvalue weighted by Gasteiger charge is -2.09. The van der Waals surface area contributed by atoms with Crippen molar-refractivity contribution in [3.8, 4) is 0 Å². The Morgan fingerprint density at radius 3 is 2.60 bits per heavy atom. The molecule has 1 aromatic heterocycles. The number of carboxylic acids is 1. The number of H-pyrrole nitrogens is 1. The summed E-state index contributed by atoms with van der Waals surface area (Å²) in [6.45, 7) is 3.48. The van der Waals surface area contributed by atoms with Gasteiger partial charge in [-0.3, -0.25) is 9.89 Å². The first-order chi connectivity index (χ1) is 9.38. The van der Waals surface area contributed by atoms with Crippen molar-refractivity contribution >= 4 is 23.5 Å². The Kier molecular flexibility index (Phi) is 3.38. The number of benzene rings is 1. The van der Waals surface area contributed by atoms with Gasteiger partial charge in [0.25, 0.3) is 5.91 Å². The second-order valence-corrected chi connectivity index (χ2v) is 4.27. The Morgan fingerprint density at radius 1 is 1.35 bits per heavy atom. The fourth-order valence-electron chi connectivity index (χ4n) is 1.72. The Hall–Kier alpha value is -2.90. The predicted molar refractivity (Wildman–Crippen MR) is 71.6 cm³/mol. The van der Waals surface area contributed by atoms with E-state index in [1.807, 2.05) is 0 Å². The number of anilines is 2. The zero-order chi connectivity index (χ0) is 14.9. The summed E-state index contributed by atoms with van der Waals surface area (Å²) in [5.41, 5.74) is 7.22. The standard InChI is InChI=1S/C12H13N5O3/c1-5-3-7(4-8(6(5)2)11(19)20)14-10(18)9-15-12(13)17-16-9/h3-4H,1-2H3,(H,14,18)(H,19,20)(H3,13,15,16,17). The smallest absolute Gasteiger partial charge is 0.336 e. The molecule has 0 fully saturated rings. The first-order valence-electron chi connectivity index (χ1n) is 5.72. The average Bonchev–Trinajstić information content (AvgIpc) is 2.80. The van der Waals surface area contributed by atoms with Gasteiger partial charge in [0.15, 0.2) is 0 Å². The number of aromatic amines is 1. The van der Waals surface area contributed by atoms with Crippen molar-refractivity contribution in [3.05, 3.63) is 34.6 Å². The van der Waals surface area contributed by atoms with Gasteiger partial charge < -0.3 is 16.2 Å². The Labute approximate surface area is 114 Å². The molecule has 0 aliphatic carbocycles. The summed E-state index contributed by atoms with van der Waals surface area (Å²) in [7, 11) is 0. The number of carboxylic acid groups (broad SMARTS) is 1. The molecule has 0 spiro atoms. The third kappa shape index (κ3) is 2.58. The molecule has 0 aliphatic heterocycles. The van der Waals surface area contributed by atoms with Crippen molar-refractivity contribution in [1.82, 2.24) is 15.2 Å². The van der Waals surface area contributed by atoms with Crippen LogP contribution in [0.3, 0.4) is 0 Å². The van der Waals surface area contributed by atoms with Gasteiger partial charge in [-0.2, -0.15) is 4.98 Å². The minimum Gasteiger partial charge on any atom is -0.478 e. The van der Waals surface area contributed by atoms with Crippen LogP contribution in [0.1, 0.15) is 32.1 Å². The maximum absolute atomic E-state index is 11.9. The molecular weight excluding hydrogens is 262 g/mol. The third-order valence-corrected chi connectivity index (χ3v) is 2.87. The van der Waals surface area contributed by atoms with Gasteiger partial charge in [0.1, 0.15) is 0 Å². The summed E-state index contributed by atoms with van der Waals surface area (Å²) in [5, 5.41) is 17.6. The topological polar surface area (TPSA) is 134 Å². The number of carbonyl (C=O) groups is 2. The Morgan fingerprint density at radius 2 is 2.05 bits per heavy atom. The molecule has 0 radical (unpaired) electrons. The number of hydrogen-bond acceptors (Lipinski definition) is 5. The first kappa shape index (κ1) is 13.5. The summed E-state index contributed by atoms with van der Waals surface area (Å²) in [6.07, 6.45) is 0. The monoisotopic (exact) mass is 275 g/mol. The van der Waals surface area contributed by atoms with Crippen LogP contribution < -0.4 is 11.1 Å². The second-order valence-electron chi connectivity index (χ2n) is 4.27. The maximum Gasteiger partial charge on any atom is 0.336 e. The summed E-state index contributed by atoms with van der Waals surface area (Å²) < 4.78 is 0. The van der Waals surface area contributed by atoms with Crippen LogP contribution in [-0.4, -0.2) is 32.2 Å². The SMILES string of the molecule is Cc1cc(NC(=O)c2nc(N)n[nH]2)cc(C(=O)O)c1C. The van der Waals surface area contributed by atoms with Crippen LogP contribution in [0.2, 0.25) is 0 Å². The summed E-state index contributed by atoms with van der Waals surface area (Å²) >= 11 is 0. The second kappa shape index (κ2) is 5.00. The largest absolute Gasteiger partial charge is 0.478 e. The fraction of sp³-hybridized carbons (Fsp3) is 0.167. The van der Waals surface area contributed by atoms with Gasteiger partial charge in [-0.25, -0.2) is 4.79 Å². The van der Waals surface area contributed by atoms with Gasteiger partial charge in [-0.05, 0) is 37.1 Å². The number of rotatable bonds is 3. The minimum atomic E-state index is -1.05. The highest BCUT2D eigenvalue weighted by Crippen LogP contribution is 2.20. The van der Waals surface area contributed by atoms with Crippen LogP contribution in [0.4, 0.5) is 11.6 Å². The van der Waals surface area contributed by atoms with Gasteiger partial charge in [0.05, 0.1) is 5.56 Å². The van der Waals surface area contributed by atoms with E-state index in [1.165, 1.54) is 6.07 Å². The van der Waals surface area contributed by atoms with Crippen molar-refractivity contribution in [3.63, 3.8) is 0 Å². The first-order valence-corrected chi connectivity index (χ1v) is 5.72. The van der Waals surface area contributed by atoms with Crippen LogP contribution in [0.25, 0.3) is 0 Å². The number of nitrogens with one attached hydrogen (secondary N) is 2. The number of nitrogen functional groups attached to an aromatic ring is 1. The number of hydrogen-bond donors (Lipinski definition) is 4. The number of carbonyl (C=O) groups excluding carboxylic acids is 1. The molecular formula is C12H13N5O3. The molecule has 0 atom stereocenters. The van der Waals surface area contributed by atoms with Crippen LogP contribution in [0.15, 0.2) is 12.1 Å². The molecule has 0 saturated heterocycles. The normalized spacial score (nSPS) is 10.3. The predicted octanol–water partition coefficient (Wildman–Crippen LogP) is 0.954. The number of nitrogens with two attached hydrogens (primary N) is 1. The molecule has 0 saturated carbocycles. The lowest BCUT2D eigenvalue weighted by molar-refractivity contribution is 0.0695. The highest BCUT2D eigenvalue weighted by Gasteiger charge is 2.15. The maximum atomic E-state index is 11.9. The van der Waals surface area contributed by atoms with E-state index in [1.54, 1.807) is 19.9 Å². The number of aromatic carboxylic acids is 1. The van der Waals surface area contributed by atoms with E-state index < -0.39 is 11.9 Å². The Balaban J connectivity index is 2.30. The molecule has 8 heteroatoms. The van der Waals surface area contributed by atoms with Crippen molar-refractivity contribution in [2.75, 3.05) is 11.1 Å². The quantitative estimate of drug-likeness (QED) is 0.659. The number of aromatic nitrogens is 3. The summed E-state index contributed by atoms with van der Waals surface area (Å²) in [6, 6.07) is 3.07. The summed E-state index contributed by atoms with van der Waals surface area (Å²) in [4.78, 5) is 26.7. The minimum absolute atomic E-state index is 0.0403. The van der Waals surface area contributed by atoms with Crippen molar-refractivity contribution < 1.29 is 14.7 Å². The fourth-order valence-corrected chi connectivity index (χ4v) is 1.72. The molecule has 5 N–H and O–H groups in total. The van der Waals surface area contributed by atoms with Crippen molar-refractivity contribution in [2.24, 2.45) is 0 Å². The highest BCUT2D eigenvalue weighted by atomic mass is 16.4. The molecule has 0 bridgehead atoms. The van der Waals surface area contributed by atoms with E-state index in [4.69, 9.17) is 10.8 Å². The van der Waals surface area contributed by atoms with Gasteiger partial charge in [-0.1, -0.05) is 0 Å². The van der Waals surface area contributed by atoms with Gasteiger partial charge in [0, 0.05) is 5.69 Å². The van der Waals surface area contributed by atoms with E-state index in [2.05, 4.69) is 20.5 Å². The molecule has 0 aliphatic rings. The number of aryl methyl sites for hydroxylation is 1. The Bertz CT molecular complexity index is 692. The van der Waals surface area contributed by atoms with Crippen LogP contribution in [-0.2, 0) is 0 Å². The number of nitrogens with zero attached hydrogens (tertiary/aromatic N) is 2. The van der Waals surface area contributed by atoms with Crippen molar-refractivity contribution in [2.45, 2.75) is 13.8 Å². The molecule has 2 rings (SSSR count). The van der Waals surface area contributed by atoms with E-state index in [0.29, 0.717) is 11.3 Å². The lowest BCUT2D eigenvalue weighted by Crippen LogP contribution is -2.15. The molecule has 8 nitrogen and oxygen atoms in total. The van der Waals surface area contributed by atoms with Crippen LogP contribution in [0, 0.1) is 13.8 Å². The van der Waals surface area contributed by atoms with Crippen LogP contribution in [0.5, 0.6) is 0 Å². The van der Waals surface area contributed by atoms with E-state index in [9.17, 15) is 9.59 Å². The van der Waals surface area contributed by atoms with E-state index >= 15 is 0 Å². The number of amides is 1. The average molecular weight is 275 g/mol. The molecule has 20 heavy (non-hydrogen) atoms.